The second kappa shape index (κ2) is 10.3. The van der Waals surface area contributed by atoms with Crippen LogP contribution in [0.25, 0.3) is 11.0 Å². The van der Waals surface area contributed by atoms with Crippen molar-refractivity contribution in [1.82, 2.24) is 24.6 Å². The number of nitrogens with one attached hydrogen (secondary N) is 1. The van der Waals surface area contributed by atoms with Gasteiger partial charge in [0.2, 0.25) is 5.91 Å². The Balaban J connectivity index is 1.40. The molecule has 1 N–H and O–H groups in total. The highest BCUT2D eigenvalue weighted by Gasteiger charge is 2.14. The van der Waals surface area contributed by atoms with Crippen molar-refractivity contribution in [2.45, 2.75) is 19.5 Å². The molecular formula is C24H22ClN5O4. The van der Waals surface area contributed by atoms with Gasteiger partial charge in [-0.1, -0.05) is 41.9 Å². The second-order valence-corrected chi connectivity index (χ2v) is 8.02. The van der Waals surface area contributed by atoms with Crippen molar-refractivity contribution in [3.63, 3.8) is 0 Å². The molecule has 2 heterocycles. The molecule has 9 nitrogen and oxygen atoms in total. The quantitative estimate of drug-likeness (QED) is 0.389. The summed E-state index contributed by atoms with van der Waals surface area (Å²) >= 11 is 6.03. The molecule has 0 fully saturated rings. The average molecular weight is 480 g/mol. The predicted octanol–water partition coefficient (Wildman–Crippen LogP) is 2.44. The van der Waals surface area contributed by atoms with Crippen LogP contribution in [-0.2, 0) is 29.0 Å². The molecule has 0 atom stereocenters. The summed E-state index contributed by atoms with van der Waals surface area (Å²) in [7, 11) is 1.30. The first-order valence-electron chi connectivity index (χ1n) is 10.5. The number of benzene rings is 2. The van der Waals surface area contributed by atoms with Gasteiger partial charge in [-0.15, -0.1) is 0 Å². The number of esters is 1. The Hall–Kier alpha value is -3.98. The molecular weight excluding hydrogens is 458 g/mol. The van der Waals surface area contributed by atoms with E-state index in [4.69, 9.17) is 16.3 Å². The Morgan fingerprint density at radius 2 is 1.97 bits per heavy atom. The summed E-state index contributed by atoms with van der Waals surface area (Å²) in [6, 6.07) is 14.1. The van der Waals surface area contributed by atoms with E-state index in [1.807, 2.05) is 12.1 Å². The zero-order valence-corrected chi connectivity index (χ0v) is 19.2. The molecule has 0 saturated carbocycles. The minimum atomic E-state index is -0.487. The largest absolute Gasteiger partial charge is 0.465 e. The minimum Gasteiger partial charge on any atom is -0.465 e. The molecule has 4 rings (SSSR count). The van der Waals surface area contributed by atoms with Crippen molar-refractivity contribution in [2.24, 2.45) is 0 Å². The number of hydrogen-bond donors (Lipinski definition) is 1. The third kappa shape index (κ3) is 5.15. The van der Waals surface area contributed by atoms with Crippen LogP contribution in [0.3, 0.4) is 0 Å². The zero-order chi connectivity index (χ0) is 24.1. The SMILES string of the molecule is COC(=O)c1ccccc1CC(=O)NCCn1ncc2c(=O)n(Cc3cccc(Cl)c3)cnc21. The number of carbonyl (C=O) groups is 2. The van der Waals surface area contributed by atoms with Gasteiger partial charge in [0.1, 0.15) is 11.7 Å². The molecule has 0 unspecified atom stereocenters. The molecule has 174 valence electrons. The number of methoxy groups -OCH3 is 1. The maximum Gasteiger partial charge on any atom is 0.338 e. The van der Waals surface area contributed by atoms with E-state index in [9.17, 15) is 14.4 Å². The Bertz CT molecular complexity index is 1410. The highest BCUT2D eigenvalue weighted by molar-refractivity contribution is 6.30. The van der Waals surface area contributed by atoms with Crippen LogP contribution < -0.4 is 10.9 Å². The van der Waals surface area contributed by atoms with E-state index in [1.165, 1.54) is 24.2 Å². The fraction of sp³-hybridized carbons (Fsp3) is 0.208. The smallest absolute Gasteiger partial charge is 0.338 e. The lowest BCUT2D eigenvalue weighted by atomic mass is 10.0. The summed E-state index contributed by atoms with van der Waals surface area (Å²) in [5.41, 5.74) is 2.06. The number of aromatic nitrogens is 4. The highest BCUT2D eigenvalue weighted by atomic mass is 35.5. The molecule has 34 heavy (non-hydrogen) atoms. The Morgan fingerprint density at radius 1 is 1.15 bits per heavy atom. The van der Waals surface area contributed by atoms with Crippen molar-refractivity contribution in [2.75, 3.05) is 13.7 Å². The van der Waals surface area contributed by atoms with E-state index in [0.29, 0.717) is 40.3 Å². The fourth-order valence-corrected chi connectivity index (χ4v) is 3.84. The number of halogens is 1. The van der Waals surface area contributed by atoms with Gasteiger partial charge in [-0.25, -0.2) is 14.5 Å². The third-order valence-corrected chi connectivity index (χ3v) is 5.52. The van der Waals surface area contributed by atoms with Gasteiger partial charge in [-0.05, 0) is 29.3 Å². The molecule has 0 aliphatic rings. The molecule has 4 aromatic rings. The molecule has 0 bridgehead atoms. The summed E-state index contributed by atoms with van der Waals surface area (Å²) in [6.07, 6.45) is 3.00. The van der Waals surface area contributed by atoms with E-state index in [1.54, 1.807) is 41.1 Å². The Kier molecular flexibility index (Phi) is 7.03. The van der Waals surface area contributed by atoms with Crippen molar-refractivity contribution in [3.8, 4) is 0 Å². The van der Waals surface area contributed by atoms with Gasteiger partial charge < -0.3 is 10.1 Å². The van der Waals surface area contributed by atoms with Crippen molar-refractivity contribution in [1.29, 1.82) is 0 Å². The second-order valence-electron chi connectivity index (χ2n) is 7.59. The van der Waals surface area contributed by atoms with Gasteiger partial charge in [-0.3, -0.25) is 14.2 Å². The maximum absolute atomic E-state index is 12.9. The first kappa shape index (κ1) is 23.2. The summed E-state index contributed by atoms with van der Waals surface area (Å²) in [6.45, 7) is 0.957. The van der Waals surface area contributed by atoms with E-state index >= 15 is 0 Å². The minimum absolute atomic E-state index is 0.0393. The molecule has 0 spiro atoms. The number of fused-ring (bicyclic) bond motifs is 1. The fourth-order valence-electron chi connectivity index (χ4n) is 3.63. The van der Waals surface area contributed by atoms with E-state index in [0.717, 1.165) is 5.56 Å². The van der Waals surface area contributed by atoms with Gasteiger partial charge in [0.15, 0.2) is 5.65 Å². The normalized spacial score (nSPS) is 10.9. The lowest BCUT2D eigenvalue weighted by Gasteiger charge is -2.09. The van der Waals surface area contributed by atoms with E-state index in [2.05, 4.69) is 15.4 Å². The van der Waals surface area contributed by atoms with Crippen LogP contribution in [-0.4, -0.2) is 44.9 Å². The van der Waals surface area contributed by atoms with Crippen LogP contribution in [0.1, 0.15) is 21.5 Å². The van der Waals surface area contributed by atoms with Crippen LogP contribution in [0.15, 0.2) is 65.8 Å². The Morgan fingerprint density at radius 3 is 2.76 bits per heavy atom. The van der Waals surface area contributed by atoms with Crippen LogP contribution in [0.2, 0.25) is 5.02 Å². The van der Waals surface area contributed by atoms with E-state index < -0.39 is 5.97 Å². The molecule has 2 aromatic carbocycles. The van der Waals surface area contributed by atoms with Crippen LogP contribution >= 0.6 is 11.6 Å². The third-order valence-electron chi connectivity index (χ3n) is 5.28. The standard InChI is InChI=1S/C24H22ClN5O4/c1-34-24(33)19-8-3-2-6-17(19)12-21(31)26-9-10-30-22-20(13-28-30)23(32)29(15-27-22)14-16-5-4-7-18(25)11-16/h2-8,11,13,15H,9-10,12,14H2,1H3,(H,26,31). The van der Waals surface area contributed by atoms with Gasteiger partial charge in [0, 0.05) is 11.6 Å². The summed E-state index contributed by atoms with van der Waals surface area (Å²) < 4.78 is 7.84. The lowest BCUT2D eigenvalue weighted by molar-refractivity contribution is -0.120. The summed E-state index contributed by atoms with van der Waals surface area (Å²) in [5, 5.41) is 8.05. The lowest BCUT2D eigenvalue weighted by Crippen LogP contribution is -2.29. The zero-order valence-electron chi connectivity index (χ0n) is 18.4. The maximum atomic E-state index is 12.9. The number of hydrogen-bond acceptors (Lipinski definition) is 6. The molecule has 10 heteroatoms. The number of nitrogens with zero attached hydrogens (tertiary/aromatic N) is 4. The van der Waals surface area contributed by atoms with E-state index in [-0.39, 0.29) is 24.4 Å². The highest BCUT2D eigenvalue weighted by Crippen LogP contribution is 2.13. The van der Waals surface area contributed by atoms with Gasteiger partial charge in [0.05, 0.1) is 38.4 Å². The molecule has 0 saturated heterocycles. The topological polar surface area (TPSA) is 108 Å². The predicted molar refractivity (Wildman–Crippen MR) is 127 cm³/mol. The number of amides is 1. The van der Waals surface area contributed by atoms with Gasteiger partial charge in [0.25, 0.3) is 5.56 Å². The molecule has 0 radical (unpaired) electrons. The average Bonchev–Trinajstić information content (AvgIpc) is 3.24. The van der Waals surface area contributed by atoms with Crippen LogP contribution in [0.5, 0.6) is 0 Å². The molecule has 1 amide bonds. The molecule has 2 aromatic heterocycles. The van der Waals surface area contributed by atoms with Crippen LogP contribution in [0.4, 0.5) is 0 Å². The summed E-state index contributed by atoms with van der Waals surface area (Å²) in [5.74, 6) is -0.733. The number of ether oxygens (including phenoxy) is 1. The van der Waals surface area contributed by atoms with Crippen molar-refractivity contribution in [3.05, 3.63) is 93.1 Å². The number of carbonyl (C=O) groups excluding carboxylic acids is 2. The van der Waals surface area contributed by atoms with Crippen molar-refractivity contribution >= 4 is 34.5 Å². The monoisotopic (exact) mass is 479 g/mol. The van der Waals surface area contributed by atoms with Crippen LogP contribution in [0, 0.1) is 0 Å². The molecule has 0 aliphatic heterocycles. The van der Waals surface area contributed by atoms with Gasteiger partial charge >= 0.3 is 5.97 Å². The first-order valence-corrected chi connectivity index (χ1v) is 10.9. The van der Waals surface area contributed by atoms with Gasteiger partial charge in [-0.2, -0.15) is 5.10 Å². The summed E-state index contributed by atoms with van der Waals surface area (Å²) in [4.78, 5) is 41.5. The first-order chi connectivity index (χ1) is 16.5. The van der Waals surface area contributed by atoms with Crippen molar-refractivity contribution < 1.29 is 14.3 Å². The Labute approximate surface area is 199 Å². The number of rotatable bonds is 8. The molecule has 0 aliphatic carbocycles.